The third-order valence-corrected chi connectivity index (χ3v) is 4.49. The number of alkyl halides is 3. The van der Waals surface area contributed by atoms with Crippen LogP contribution in [0.25, 0.3) is 0 Å². The molecule has 126 valence electrons. The predicted octanol–water partition coefficient (Wildman–Crippen LogP) is 2.49. The number of allylic oxidation sites excluding steroid dienone is 3. The Kier molecular flexibility index (Phi) is 3.96. The van der Waals surface area contributed by atoms with E-state index >= 15 is 0 Å². The first-order valence-electron chi connectivity index (χ1n) is 7.38. The lowest BCUT2D eigenvalue weighted by molar-refractivity contribution is -0.307. The number of nitrogens with one attached hydrogen (secondary N) is 1. The van der Waals surface area contributed by atoms with Crippen molar-refractivity contribution in [3.63, 3.8) is 0 Å². The molecule has 1 atom stereocenters. The van der Waals surface area contributed by atoms with E-state index in [1.165, 1.54) is 6.08 Å². The van der Waals surface area contributed by atoms with Gasteiger partial charge in [-0.25, -0.2) is 0 Å². The van der Waals surface area contributed by atoms with E-state index in [1.807, 2.05) is 6.08 Å². The van der Waals surface area contributed by atoms with E-state index in [1.54, 1.807) is 4.90 Å². The van der Waals surface area contributed by atoms with Crippen molar-refractivity contribution < 1.29 is 22.7 Å². The van der Waals surface area contributed by atoms with E-state index in [2.05, 4.69) is 10.1 Å². The Morgan fingerprint density at radius 1 is 1.26 bits per heavy atom. The molecule has 1 unspecified atom stereocenters. The molecule has 23 heavy (non-hydrogen) atoms. The minimum Gasteiger partial charge on any atom is -0.409 e. The molecule has 8 heteroatoms. The summed E-state index contributed by atoms with van der Waals surface area (Å²) in [5.74, 6) is -1.24. The molecular weight excluding hydrogens is 333 g/mol. The SMILES string of the molecule is Cl.O=C1C2C(OC(F)(F)F)=CC(C3CC3)=CC2=C2CNCCN12. The Hall–Kier alpha value is -1.47. The summed E-state index contributed by atoms with van der Waals surface area (Å²) in [6.45, 7) is 1.64. The Labute approximate surface area is 137 Å². The maximum atomic E-state index is 12.7. The van der Waals surface area contributed by atoms with Crippen LogP contribution in [0.4, 0.5) is 13.2 Å². The number of amides is 1. The zero-order valence-corrected chi connectivity index (χ0v) is 13.0. The Morgan fingerprint density at radius 2 is 2.00 bits per heavy atom. The average Bonchev–Trinajstić information content (AvgIpc) is 3.25. The first-order chi connectivity index (χ1) is 10.4. The molecule has 4 aliphatic rings. The van der Waals surface area contributed by atoms with Crippen LogP contribution in [0.15, 0.2) is 34.8 Å². The maximum absolute atomic E-state index is 12.7. The van der Waals surface area contributed by atoms with E-state index < -0.39 is 12.3 Å². The van der Waals surface area contributed by atoms with Crippen LogP contribution in [0, 0.1) is 11.8 Å². The van der Waals surface area contributed by atoms with Gasteiger partial charge in [-0.1, -0.05) is 6.08 Å². The second-order valence-electron chi connectivity index (χ2n) is 6.01. The van der Waals surface area contributed by atoms with Gasteiger partial charge in [-0.15, -0.1) is 25.6 Å². The molecule has 0 spiro atoms. The number of nitrogens with zero attached hydrogens (tertiary/aromatic N) is 1. The second kappa shape index (κ2) is 5.56. The number of carbonyl (C=O) groups excluding carboxylic acids is 1. The van der Waals surface area contributed by atoms with Gasteiger partial charge in [0.25, 0.3) is 0 Å². The summed E-state index contributed by atoms with van der Waals surface area (Å²) in [5, 5.41) is 3.17. The summed E-state index contributed by atoms with van der Waals surface area (Å²) < 4.78 is 42.3. The third-order valence-electron chi connectivity index (χ3n) is 4.49. The quantitative estimate of drug-likeness (QED) is 0.833. The van der Waals surface area contributed by atoms with Crippen molar-refractivity contribution in [2.75, 3.05) is 19.6 Å². The monoisotopic (exact) mass is 348 g/mol. The molecule has 0 radical (unpaired) electrons. The summed E-state index contributed by atoms with van der Waals surface area (Å²) in [6, 6.07) is 0. The Balaban J connectivity index is 0.00000156. The molecule has 2 aliphatic carbocycles. The molecule has 0 aromatic rings. The number of piperazine rings is 1. The van der Waals surface area contributed by atoms with Crippen LogP contribution in [-0.4, -0.2) is 36.8 Å². The van der Waals surface area contributed by atoms with Crippen molar-refractivity contribution in [1.29, 1.82) is 0 Å². The lowest BCUT2D eigenvalue weighted by Gasteiger charge is -2.26. The third kappa shape index (κ3) is 2.87. The van der Waals surface area contributed by atoms with Gasteiger partial charge in [0.2, 0.25) is 5.91 Å². The Morgan fingerprint density at radius 3 is 2.65 bits per heavy atom. The van der Waals surface area contributed by atoms with Crippen LogP contribution >= 0.6 is 12.4 Å². The molecule has 1 saturated heterocycles. The summed E-state index contributed by atoms with van der Waals surface area (Å²) in [4.78, 5) is 14.1. The van der Waals surface area contributed by atoms with Crippen LogP contribution in [-0.2, 0) is 9.53 Å². The summed E-state index contributed by atoms with van der Waals surface area (Å²) in [7, 11) is 0. The van der Waals surface area contributed by atoms with Gasteiger partial charge in [0, 0.05) is 25.3 Å². The molecule has 0 aromatic carbocycles. The average molecular weight is 349 g/mol. The van der Waals surface area contributed by atoms with Gasteiger partial charge in [0.1, 0.15) is 11.7 Å². The van der Waals surface area contributed by atoms with E-state index in [0.717, 1.165) is 24.1 Å². The Bertz CT molecular complexity index is 635. The van der Waals surface area contributed by atoms with Crippen LogP contribution in [0.3, 0.4) is 0 Å². The molecule has 2 heterocycles. The number of fused-ring (bicyclic) bond motifs is 2. The van der Waals surface area contributed by atoms with Gasteiger partial charge < -0.3 is 15.0 Å². The van der Waals surface area contributed by atoms with E-state index in [9.17, 15) is 18.0 Å². The first kappa shape index (κ1) is 16.4. The molecule has 1 N–H and O–H groups in total. The minimum absolute atomic E-state index is 0. The van der Waals surface area contributed by atoms with Gasteiger partial charge in [-0.05, 0) is 36.0 Å². The van der Waals surface area contributed by atoms with Crippen molar-refractivity contribution >= 4 is 18.3 Å². The number of hydrogen-bond acceptors (Lipinski definition) is 3. The highest BCUT2D eigenvalue weighted by atomic mass is 35.5. The first-order valence-corrected chi connectivity index (χ1v) is 7.38. The number of rotatable bonds is 2. The molecule has 1 amide bonds. The minimum atomic E-state index is -4.78. The number of carbonyl (C=O) groups is 1. The number of hydrogen-bond donors (Lipinski definition) is 1. The van der Waals surface area contributed by atoms with Crippen molar-refractivity contribution in [3.8, 4) is 0 Å². The molecule has 2 aliphatic heterocycles. The van der Waals surface area contributed by atoms with Crippen LogP contribution in [0.5, 0.6) is 0 Å². The van der Waals surface area contributed by atoms with E-state index in [0.29, 0.717) is 31.1 Å². The summed E-state index contributed by atoms with van der Waals surface area (Å²) in [5.41, 5.74) is 2.30. The topological polar surface area (TPSA) is 41.6 Å². The van der Waals surface area contributed by atoms with Gasteiger partial charge in [-0.2, -0.15) is 0 Å². The zero-order valence-electron chi connectivity index (χ0n) is 12.2. The van der Waals surface area contributed by atoms with Gasteiger partial charge in [0.05, 0.1) is 0 Å². The second-order valence-corrected chi connectivity index (χ2v) is 6.01. The highest BCUT2D eigenvalue weighted by molar-refractivity contribution is 5.91. The van der Waals surface area contributed by atoms with E-state index in [-0.39, 0.29) is 24.1 Å². The molecule has 4 nitrogen and oxygen atoms in total. The lowest BCUT2D eigenvalue weighted by atomic mass is 9.88. The van der Waals surface area contributed by atoms with Crippen molar-refractivity contribution in [3.05, 3.63) is 34.8 Å². The highest BCUT2D eigenvalue weighted by Gasteiger charge is 2.47. The maximum Gasteiger partial charge on any atom is 0.572 e. The molecule has 2 fully saturated rings. The van der Waals surface area contributed by atoms with Gasteiger partial charge in [-0.3, -0.25) is 4.79 Å². The summed E-state index contributed by atoms with van der Waals surface area (Å²) in [6.07, 6.45) is 0.486. The lowest BCUT2D eigenvalue weighted by Crippen LogP contribution is -2.43. The predicted molar refractivity (Wildman–Crippen MR) is 78.4 cm³/mol. The molecule has 1 saturated carbocycles. The molecule has 4 rings (SSSR count). The van der Waals surface area contributed by atoms with Crippen LogP contribution in [0.1, 0.15) is 12.8 Å². The zero-order chi connectivity index (χ0) is 15.5. The molecule has 0 aromatic heterocycles. The molecule has 0 bridgehead atoms. The largest absolute Gasteiger partial charge is 0.572 e. The fourth-order valence-electron chi connectivity index (χ4n) is 3.37. The van der Waals surface area contributed by atoms with Crippen molar-refractivity contribution in [1.82, 2.24) is 10.2 Å². The normalized spacial score (nSPS) is 27.0. The fraction of sp³-hybridized carbons (Fsp3) is 0.533. The van der Waals surface area contributed by atoms with Gasteiger partial charge >= 0.3 is 6.36 Å². The highest BCUT2D eigenvalue weighted by Crippen LogP contribution is 2.47. The van der Waals surface area contributed by atoms with E-state index in [4.69, 9.17) is 0 Å². The van der Waals surface area contributed by atoms with Crippen molar-refractivity contribution in [2.45, 2.75) is 19.2 Å². The van der Waals surface area contributed by atoms with Crippen LogP contribution in [0.2, 0.25) is 0 Å². The standard InChI is InChI=1S/C15H15F3N2O2.ClH/c16-15(17,18)22-12-6-9(8-1-2-8)5-10-11-7-19-3-4-20(11)14(21)13(10)12;/h5-6,8,13,19H,1-4,7H2;1H. The van der Waals surface area contributed by atoms with Crippen molar-refractivity contribution in [2.24, 2.45) is 11.8 Å². The van der Waals surface area contributed by atoms with Gasteiger partial charge in [0.15, 0.2) is 0 Å². The van der Waals surface area contributed by atoms with Crippen LogP contribution < -0.4 is 5.32 Å². The number of halogens is 4. The fourth-order valence-corrected chi connectivity index (χ4v) is 3.37. The summed E-state index contributed by atoms with van der Waals surface area (Å²) >= 11 is 0. The molecular formula is C15H16ClF3N2O2. The smallest absolute Gasteiger partial charge is 0.409 e. The number of ether oxygens (including phenoxy) is 1.